The number of hydrogen-bond donors (Lipinski definition) is 0. The van der Waals surface area contributed by atoms with Crippen LogP contribution in [-0.4, -0.2) is 64.6 Å². The van der Waals surface area contributed by atoms with E-state index in [1.807, 2.05) is 0 Å². The number of carbonyl (C=O) groups is 2. The highest BCUT2D eigenvalue weighted by Gasteiger charge is 2.41. The van der Waals surface area contributed by atoms with E-state index in [1.165, 1.54) is 43.2 Å². The summed E-state index contributed by atoms with van der Waals surface area (Å²) in [6, 6.07) is 11.6. The SMILES string of the molecule is COCC#CCOc1ccc(S(=O)(=O)N2Cc3ccccc3N(C(C)=O)CC2C(=O)OC)cc1. The Labute approximate surface area is 199 Å². The second-order valence-electron chi connectivity index (χ2n) is 7.39. The van der Waals surface area contributed by atoms with Crippen LogP contribution in [-0.2, 0) is 35.6 Å². The van der Waals surface area contributed by atoms with Crippen molar-refractivity contribution >= 4 is 27.6 Å². The topological polar surface area (TPSA) is 102 Å². The maximum absolute atomic E-state index is 13.6. The average molecular weight is 487 g/mol. The molecule has 34 heavy (non-hydrogen) atoms. The molecule has 0 aromatic heterocycles. The number of sulfonamides is 1. The van der Waals surface area contributed by atoms with E-state index >= 15 is 0 Å². The van der Waals surface area contributed by atoms with E-state index in [4.69, 9.17) is 14.2 Å². The molecule has 2 aromatic rings. The second kappa shape index (κ2) is 11.2. The van der Waals surface area contributed by atoms with Crippen LogP contribution in [0.5, 0.6) is 5.75 Å². The number of anilines is 1. The fraction of sp³-hybridized carbons (Fsp3) is 0.333. The number of nitrogens with zero attached hydrogens (tertiary/aromatic N) is 2. The lowest BCUT2D eigenvalue weighted by atomic mass is 10.1. The zero-order chi connectivity index (χ0) is 24.7. The smallest absolute Gasteiger partial charge is 0.326 e. The van der Waals surface area contributed by atoms with Crippen LogP contribution in [0.4, 0.5) is 5.69 Å². The minimum absolute atomic E-state index is 0.0204. The van der Waals surface area contributed by atoms with Crippen molar-refractivity contribution in [3.05, 3.63) is 54.1 Å². The molecule has 1 atom stereocenters. The van der Waals surface area contributed by atoms with E-state index in [0.29, 0.717) is 23.6 Å². The summed E-state index contributed by atoms with van der Waals surface area (Å²) in [6.07, 6.45) is 0. The summed E-state index contributed by atoms with van der Waals surface area (Å²) in [7, 11) is -1.41. The monoisotopic (exact) mass is 486 g/mol. The third-order valence-electron chi connectivity index (χ3n) is 5.25. The van der Waals surface area contributed by atoms with Crippen LogP contribution in [0.2, 0.25) is 0 Å². The number of amides is 1. The molecule has 1 amide bonds. The van der Waals surface area contributed by atoms with Crippen molar-refractivity contribution in [1.82, 2.24) is 4.31 Å². The summed E-state index contributed by atoms with van der Waals surface area (Å²) in [6.45, 7) is 1.52. The summed E-state index contributed by atoms with van der Waals surface area (Å²) in [4.78, 5) is 26.4. The molecule has 9 nitrogen and oxygen atoms in total. The van der Waals surface area contributed by atoms with Crippen molar-refractivity contribution in [1.29, 1.82) is 0 Å². The zero-order valence-electron chi connectivity index (χ0n) is 19.2. The Kier molecular flexibility index (Phi) is 8.28. The Balaban J connectivity index is 1.94. The van der Waals surface area contributed by atoms with E-state index in [9.17, 15) is 18.0 Å². The van der Waals surface area contributed by atoms with Gasteiger partial charge in [0.1, 0.15) is 25.0 Å². The van der Waals surface area contributed by atoms with Crippen molar-refractivity contribution in [2.75, 3.05) is 38.9 Å². The third-order valence-corrected chi connectivity index (χ3v) is 7.12. The molecule has 0 saturated heterocycles. The zero-order valence-corrected chi connectivity index (χ0v) is 20.0. The molecule has 1 unspecified atom stereocenters. The number of fused-ring (bicyclic) bond motifs is 1. The Bertz CT molecular complexity index is 1200. The standard InChI is InChI=1S/C24H26N2O7S/c1-18(27)25-17-23(24(28)32-3)26(16-19-8-4-5-9-22(19)25)34(29,30)21-12-10-20(11-13-21)33-15-7-6-14-31-2/h4-5,8-13,23H,14-17H2,1-3H3. The van der Waals surface area contributed by atoms with Crippen molar-refractivity contribution in [3.63, 3.8) is 0 Å². The number of methoxy groups -OCH3 is 2. The number of hydrogen-bond acceptors (Lipinski definition) is 7. The van der Waals surface area contributed by atoms with Crippen molar-refractivity contribution in [2.45, 2.75) is 24.4 Å². The Hall–Kier alpha value is -3.39. The van der Waals surface area contributed by atoms with Gasteiger partial charge in [0, 0.05) is 26.3 Å². The van der Waals surface area contributed by atoms with Gasteiger partial charge in [-0.2, -0.15) is 4.31 Å². The lowest BCUT2D eigenvalue weighted by molar-refractivity contribution is -0.144. The van der Waals surface area contributed by atoms with Gasteiger partial charge in [0.05, 0.1) is 18.6 Å². The molecular formula is C24H26N2O7S. The fourth-order valence-electron chi connectivity index (χ4n) is 3.56. The predicted molar refractivity (Wildman–Crippen MR) is 125 cm³/mol. The summed E-state index contributed by atoms with van der Waals surface area (Å²) in [5.74, 6) is 4.92. The van der Waals surface area contributed by atoms with E-state index < -0.39 is 22.0 Å². The molecule has 0 saturated carbocycles. The van der Waals surface area contributed by atoms with Gasteiger partial charge >= 0.3 is 5.97 Å². The van der Waals surface area contributed by atoms with Crippen molar-refractivity contribution in [3.8, 4) is 17.6 Å². The molecule has 0 spiro atoms. The minimum Gasteiger partial charge on any atom is -0.481 e. The number of benzene rings is 2. The number of esters is 1. The van der Waals surface area contributed by atoms with Crippen LogP contribution in [0.15, 0.2) is 53.4 Å². The van der Waals surface area contributed by atoms with Gasteiger partial charge in [0.25, 0.3) is 0 Å². The number of carbonyl (C=O) groups excluding carboxylic acids is 2. The quantitative estimate of drug-likeness (QED) is 0.453. The Morgan fingerprint density at radius 3 is 2.35 bits per heavy atom. The summed E-state index contributed by atoms with van der Waals surface area (Å²) >= 11 is 0. The molecule has 180 valence electrons. The molecule has 2 aromatic carbocycles. The maximum atomic E-state index is 13.6. The first kappa shape index (κ1) is 25.2. The van der Waals surface area contributed by atoms with Gasteiger partial charge in [-0.05, 0) is 35.9 Å². The van der Waals surface area contributed by atoms with Gasteiger partial charge in [-0.3, -0.25) is 9.59 Å². The van der Waals surface area contributed by atoms with Crippen LogP contribution < -0.4 is 9.64 Å². The van der Waals surface area contributed by atoms with E-state index in [2.05, 4.69) is 11.8 Å². The predicted octanol–water partition coefficient (Wildman–Crippen LogP) is 1.81. The maximum Gasteiger partial charge on any atom is 0.326 e. The first-order chi connectivity index (χ1) is 16.3. The lowest BCUT2D eigenvalue weighted by Crippen LogP contribution is -2.50. The van der Waals surface area contributed by atoms with Gasteiger partial charge in [-0.25, -0.2) is 8.42 Å². The first-order valence-electron chi connectivity index (χ1n) is 10.4. The largest absolute Gasteiger partial charge is 0.481 e. The van der Waals surface area contributed by atoms with Crippen LogP contribution in [0, 0.1) is 11.8 Å². The summed E-state index contributed by atoms with van der Waals surface area (Å²) in [5, 5.41) is 0. The number of ether oxygens (including phenoxy) is 3. The minimum atomic E-state index is -4.14. The van der Waals surface area contributed by atoms with Crippen LogP contribution >= 0.6 is 0 Å². The number of para-hydroxylation sites is 1. The van der Waals surface area contributed by atoms with Crippen molar-refractivity contribution < 1.29 is 32.2 Å². The van der Waals surface area contributed by atoms with Gasteiger partial charge in [0.15, 0.2) is 0 Å². The van der Waals surface area contributed by atoms with Gasteiger partial charge < -0.3 is 19.1 Å². The molecule has 0 bridgehead atoms. The Morgan fingerprint density at radius 2 is 1.71 bits per heavy atom. The van der Waals surface area contributed by atoms with Crippen LogP contribution in [0.25, 0.3) is 0 Å². The van der Waals surface area contributed by atoms with Gasteiger partial charge in [-0.15, -0.1) is 0 Å². The first-order valence-corrected chi connectivity index (χ1v) is 11.9. The molecular weight excluding hydrogens is 460 g/mol. The van der Waals surface area contributed by atoms with Crippen LogP contribution in [0.3, 0.4) is 0 Å². The highest BCUT2D eigenvalue weighted by molar-refractivity contribution is 7.89. The van der Waals surface area contributed by atoms with Gasteiger partial charge in [-0.1, -0.05) is 30.0 Å². The highest BCUT2D eigenvalue weighted by atomic mass is 32.2. The van der Waals surface area contributed by atoms with E-state index in [0.717, 1.165) is 4.31 Å². The molecule has 0 fully saturated rings. The average Bonchev–Trinajstić information content (AvgIpc) is 3.02. The summed E-state index contributed by atoms with van der Waals surface area (Å²) in [5.41, 5.74) is 1.15. The highest BCUT2D eigenvalue weighted by Crippen LogP contribution is 2.32. The molecule has 1 aliphatic heterocycles. The normalized spacial score (nSPS) is 16.0. The van der Waals surface area contributed by atoms with E-state index in [1.54, 1.807) is 31.4 Å². The van der Waals surface area contributed by atoms with Crippen molar-refractivity contribution in [2.24, 2.45) is 0 Å². The molecule has 0 aliphatic carbocycles. The number of rotatable bonds is 6. The second-order valence-corrected chi connectivity index (χ2v) is 9.28. The molecule has 1 aliphatic rings. The van der Waals surface area contributed by atoms with E-state index in [-0.39, 0.29) is 30.5 Å². The molecule has 0 radical (unpaired) electrons. The molecule has 3 rings (SSSR count). The van der Waals surface area contributed by atoms with Crippen LogP contribution in [0.1, 0.15) is 12.5 Å². The van der Waals surface area contributed by atoms with Gasteiger partial charge in [0.2, 0.25) is 15.9 Å². The Morgan fingerprint density at radius 1 is 1.03 bits per heavy atom. The molecule has 1 heterocycles. The lowest BCUT2D eigenvalue weighted by Gasteiger charge is -2.29. The summed E-state index contributed by atoms with van der Waals surface area (Å²) < 4.78 is 43.6. The molecule has 0 N–H and O–H groups in total. The third kappa shape index (κ3) is 5.56. The fourth-order valence-corrected chi connectivity index (χ4v) is 5.11. The molecule has 10 heteroatoms.